The third-order valence-corrected chi connectivity index (χ3v) is 7.07. The predicted octanol–water partition coefficient (Wildman–Crippen LogP) is 5.41. The summed E-state index contributed by atoms with van der Waals surface area (Å²) in [5.74, 6) is 0.0700. The molecule has 1 atom stereocenters. The first-order valence-electron chi connectivity index (χ1n) is 11.5. The van der Waals surface area contributed by atoms with Crippen molar-refractivity contribution in [3.8, 4) is 0 Å². The topological polar surface area (TPSA) is 28.6 Å². The number of halogens is 4. The van der Waals surface area contributed by atoms with Crippen molar-refractivity contribution in [2.75, 3.05) is 38.2 Å². The number of hydrogen-bond acceptors (Lipinski definition) is 4. The van der Waals surface area contributed by atoms with Gasteiger partial charge in [-0.25, -0.2) is 9.37 Å². The van der Waals surface area contributed by atoms with Gasteiger partial charge in [-0.15, -0.1) is 0 Å². The molecule has 3 heterocycles. The Morgan fingerprint density at radius 1 is 1.09 bits per heavy atom. The van der Waals surface area contributed by atoms with E-state index in [2.05, 4.69) is 16.9 Å². The molecular weight excluding hydrogens is 434 g/mol. The lowest BCUT2D eigenvalue weighted by molar-refractivity contribution is -0.137. The maximum Gasteiger partial charge on any atom is 0.416 e. The highest BCUT2D eigenvalue weighted by atomic mass is 19.4. The zero-order valence-corrected chi connectivity index (χ0v) is 19.2. The molecule has 2 aromatic rings. The second kappa shape index (κ2) is 9.58. The number of likely N-dealkylation sites (tertiary alicyclic amines) is 1. The van der Waals surface area contributed by atoms with Gasteiger partial charge in [0.05, 0.1) is 24.5 Å². The summed E-state index contributed by atoms with van der Waals surface area (Å²) in [7, 11) is 2.06. The number of aromatic nitrogens is 1. The van der Waals surface area contributed by atoms with Crippen molar-refractivity contribution < 1.29 is 22.3 Å². The summed E-state index contributed by atoms with van der Waals surface area (Å²) < 4.78 is 60.3. The summed E-state index contributed by atoms with van der Waals surface area (Å²) in [6, 6.07) is 8.88. The Morgan fingerprint density at radius 3 is 2.39 bits per heavy atom. The minimum atomic E-state index is -4.45. The van der Waals surface area contributed by atoms with E-state index in [1.54, 1.807) is 12.1 Å². The van der Waals surface area contributed by atoms with Gasteiger partial charge in [0.2, 0.25) is 0 Å². The molecule has 2 saturated heterocycles. The molecule has 2 aliphatic rings. The fraction of sp³-hybridized carbons (Fsp3) is 0.560. The monoisotopic (exact) mass is 465 g/mol. The van der Waals surface area contributed by atoms with Crippen LogP contribution in [0.5, 0.6) is 0 Å². The van der Waals surface area contributed by atoms with E-state index in [-0.39, 0.29) is 29.6 Å². The van der Waals surface area contributed by atoms with Crippen molar-refractivity contribution >= 4 is 5.82 Å². The maximum absolute atomic E-state index is 13.6. The Labute approximate surface area is 192 Å². The van der Waals surface area contributed by atoms with E-state index >= 15 is 0 Å². The zero-order valence-electron chi connectivity index (χ0n) is 19.2. The van der Waals surface area contributed by atoms with Crippen LogP contribution < -0.4 is 4.90 Å². The van der Waals surface area contributed by atoms with E-state index in [1.165, 1.54) is 12.1 Å². The summed E-state index contributed by atoms with van der Waals surface area (Å²) in [5, 5.41) is 0. The van der Waals surface area contributed by atoms with Crippen molar-refractivity contribution in [2.45, 2.75) is 56.8 Å². The van der Waals surface area contributed by atoms with Crippen LogP contribution in [-0.2, 0) is 22.9 Å². The molecule has 180 valence electrons. The quantitative estimate of drug-likeness (QED) is 0.534. The van der Waals surface area contributed by atoms with E-state index in [0.29, 0.717) is 19.0 Å². The number of hydrogen-bond donors (Lipinski definition) is 0. The van der Waals surface area contributed by atoms with Crippen LogP contribution in [0, 0.1) is 5.82 Å². The predicted molar refractivity (Wildman–Crippen MR) is 120 cm³/mol. The van der Waals surface area contributed by atoms with Crippen molar-refractivity contribution in [2.24, 2.45) is 0 Å². The fourth-order valence-corrected chi connectivity index (χ4v) is 4.95. The summed E-state index contributed by atoms with van der Waals surface area (Å²) in [4.78, 5) is 8.70. The molecule has 1 aromatic heterocycles. The maximum atomic E-state index is 13.6. The second-order valence-corrected chi connectivity index (χ2v) is 9.47. The van der Waals surface area contributed by atoms with Crippen molar-refractivity contribution in [3.05, 3.63) is 59.0 Å². The molecule has 0 N–H and O–H groups in total. The molecule has 0 aliphatic carbocycles. The van der Waals surface area contributed by atoms with E-state index in [0.717, 1.165) is 56.5 Å². The molecule has 1 aromatic carbocycles. The number of pyridine rings is 1. The highest BCUT2D eigenvalue weighted by Gasteiger charge is 2.36. The van der Waals surface area contributed by atoms with Crippen LogP contribution in [0.15, 0.2) is 36.4 Å². The SMILES string of the molecule is CC1CCCN1c1cc(C(F)(F)F)cc(COCC2(c3ccc(F)cc3)CCN(C)CC2)n1. The Bertz CT molecular complexity index is 940. The Morgan fingerprint density at radius 2 is 1.79 bits per heavy atom. The number of alkyl halides is 3. The molecule has 4 nitrogen and oxygen atoms in total. The van der Waals surface area contributed by atoms with Gasteiger partial charge in [-0.3, -0.25) is 0 Å². The normalized spacial score (nSPS) is 21.5. The first kappa shape index (κ1) is 24.0. The molecule has 8 heteroatoms. The highest BCUT2D eigenvalue weighted by Crippen LogP contribution is 2.37. The smallest absolute Gasteiger partial charge is 0.374 e. The molecule has 1 unspecified atom stereocenters. The molecule has 33 heavy (non-hydrogen) atoms. The zero-order chi connectivity index (χ0) is 23.6. The van der Waals surface area contributed by atoms with Gasteiger partial charge in [-0.05, 0) is 82.6 Å². The van der Waals surface area contributed by atoms with Crippen molar-refractivity contribution in [3.63, 3.8) is 0 Å². The van der Waals surface area contributed by atoms with E-state index in [4.69, 9.17) is 4.74 Å². The number of ether oxygens (including phenoxy) is 1. The van der Waals surface area contributed by atoms with E-state index in [9.17, 15) is 17.6 Å². The van der Waals surface area contributed by atoms with E-state index < -0.39 is 11.7 Å². The van der Waals surface area contributed by atoms with Gasteiger partial charge in [0, 0.05) is 18.0 Å². The van der Waals surface area contributed by atoms with Crippen LogP contribution in [0.2, 0.25) is 0 Å². The summed E-state index contributed by atoms with van der Waals surface area (Å²) >= 11 is 0. The summed E-state index contributed by atoms with van der Waals surface area (Å²) in [5.41, 5.74) is 0.285. The Balaban J connectivity index is 1.54. The van der Waals surface area contributed by atoms with Gasteiger partial charge in [-0.2, -0.15) is 13.2 Å². The van der Waals surface area contributed by atoms with Crippen LogP contribution in [0.4, 0.5) is 23.4 Å². The molecule has 0 bridgehead atoms. The second-order valence-electron chi connectivity index (χ2n) is 9.47. The number of rotatable bonds is 6. The van der Waals surface area contributed by atoms with Crippen molar-refractivity contribution in [1.82, 2.24) is 9.88 Å². The molecule has 2 fully saturated rings. The van der Waals surface area contributed by atoms with Crippen LogP contribution in [0.1, 0.15) is 49.4 Å². The van der Waals surface area contributed by atoms with Gasteiger partial charge in [0.15, 0.2) is 0 Å². The first-order valence-corrected chi connectivity index (χ1v) is 11.5. The van der Waals surface area contributed by atoms with Crippen LogP contribution in [-0.4, -0.2) is 49.2 Å². The van der Waals surface area contributed by atoms with E-state index in [1.807, 2.05) is 11.8 Å². The molecular formula is C25H31F4N3O. The standard InChI is InChI=1S/C25H31F4N3O/c1-18-4-3-11-32(18)23-15-20(25(27,28)29)14-22(30-23)16-33-17-24(9-12-31(2)13-10-24)19-5-7-21(26)8-6-19/h5-8,14-15,18H,3-4,9-13,16-17H2,1-2H3. The van der Waals surface area contributed by atoms with Gasteiger partial charge in [-0.1, -0.05) is 12.1 Å². The molecule has 2 aliphatic heterocycles. The fourth-order valence-electron chi connectivity index (χ4n) is 4.95. The minimum absolute atomic E-state index is 0.00206. The summed E-state index contributed by atoms with van der Waals surface area (Å²) in [6.07, 6.45) is -0.889. The average molecular weight is 466 g/mol. The van der Waals surface area contributed by atoms with Crippen LogP contribution in [0.25, 0.3) is 0 Å². The number of piperidine rings is 1. The van der Waals surface area contributed by atoms with Gasteiger partial charge >= 0.3 is 6.18 Å². The van der Waals surface area contributed by atoms with Crippen molar-refractivity contribution in [1.29, 1.82) is 0 Å². The highest BCUT2D eigenvalue weighted by molar-refractivity contribution is 5.45. The summed E-state index contributed by atoms with van der Waals surface area (Å²) in [6.45, 7) is 4.81. The lowest BCUT2D eigenvalue weighted by Gasteiger charge is -2.41. The number of anilines is 1. The number of benzene rings is 1. The molecule has 0 spiro atoms. The van der Waals surface area contributed by atoms with Crippen LogP contribution in [0.3, 0.4) is 0 Å². The Hall–Kier alpha value is -2.19. The Kier molecular flexibility index (Phi) is 6.96. The van der Waals surface area contributed by atoms with Gasteiger partial charge in [0.1, 0.15) is 11.6 Å². The third-order valence-electron chi connectivity index (χ3n) is 7.07. The lowest BCUT2D eigenvalue weighted by Crippen LogP contribution is -2.43. The molecule has 0 amide bonds. The molecule has 4 rings (SSSR count). The van der Waals surface area contributed by atoms with Gasteiger partial charge < -0.3 is 14.5 Å². The molecule has 0 saturated carbocycles. The minimum Gasteiger partial charge on any atom is -0.374 e. The first-order chi connectivity index (χ1) is 15.7. The largest absolute Gasteiger partial charge is 0.416 e. The molecule has 0 radical (unpaired) electrons. The van der Waals surface area contributed by atoms with Gasteiger partial charge in [0.25, 0.3) is 0 Å². The van der Waals surface area contributed by atoms with Crippen LogP contribution >= 0.6 is 0 Å². The average Bonchev–Trinajstić information content (AvgIpc) is 3.21. The lowest BCUT2D eigenvalue weighted by atomic mass is 9.73. The third kappa shape index (κ3) is 5.49. The number of nitrogens with zero attached hydrogens (tertiary/aromatic N) is 3.